The lowest BCUT2D eigenvalue weighted by Gasteiger charge is -2.20. The summed E-state index contributed by atoms with van der Waals surface area (Å²) in [5.41, 5.74) is 22.3. The van der Waals surface area contributed by atoms with Crippen molar-refractivity contribution >= 4 is 43.6 Å². The first-order chi connectivity index (χ1) is 34.2. The van der Waals surface area contributed by atoms with E-state index in [9.17, 15) is 0 Å². The van der Waals surface area contributed by atoms with Crippen LogP contribution >= 0.6 is 0 Å². The molecule has 11 aromatic rings. The summed E-state index contributed by atoms with van der Waals surface area (Å²) in [6.45, 7) is 27.7. The molecule has 9 aromatic carbocycles. The Labute approximate surface area is 427 Å². The van der Waals surface area contributed by atoms with Gasteiger partial charge in [-0.2, -0.15) is 0 Å². The molecule has 0 aliphatic carbocycles. The van der Waals surface area contributed by atoms with E-state index in [2.05, 4.69) is 286 Å². The summed E-state index contributed by atoms with van der Waals surface area (Å²) >= 11 is 0. The van der Waals surface area contributed by atoms with Gasteiger partial charge in [0.2, 0.25) is 0 Å². The molecular weight excluding hydrogens is 869 g/mol. The Hall–Kier alpha value is -7.42. The summed E-state index contributed by atoms with van der Waals surface area (Å²) in [5, 5.41) is 5.20. The van der Waals surface area contributed by atoms with Gasteiger partial charge in [0.25, 0.3) is 0 Å². The minimum atomic E-state index is 0.0431. The highest BCUT2D eigenvalue weighted by molar-refractivity contribution is 6.11. The molecule has 0 unspecified atom stereocenters. The Kier molecular flexibility index (Phi) is 11.2. The Morgan fingerprint density at radius 3 is 0.708 bits per heavy atom. The van der Waals surface area contributed by atoms with Crippen molar-refractivity contribution in [3.8, 4) is 55.9 Å². The first-order valence-corrected chi connectivity index (χ1v) is 25.9. The maximum Gasteiger partial charge on any atom is 0.0541 e. The van der Waals surface area contributed by atoms with E-state index in [1.165, 1.54) is 110 Å². The lowest BCUT2D eigenvalue weighted by molar-refractivity contribution is 0.590. The maximum absolute atomic E-state index is 2.46. The van der Waals surface area contributed by atoms with Crippen molar-refractivity contribution in [1.29, 1.82) is 0 Å². The van der Waals surface area contributed by atoms with E-state index in [-0.39, 0.29) is 21.7 Å². The van der Waals surface area contributed by atoms with Crippen molar-refractivity contribution in [2.75, 3.05) is 0 Å². The molecule has 2 nitrogen and oxygen atoms in total. The van der Waals surface area contributed by atoms with E-state index >= 15 is 0 Å². The molecule has 0 atom stereocenters. The normalized spacial score (nSPS) is 12.7. The molecule has 0 radical (unpaired) electrons. The molecule has 0 spiro atoms. The Morgan fingerprint density at radius 2 is 0.472 bits per heavy atom. The van der Waals surface area contributed by atoms with Gasteiger partial charge in [-0.15, -0.1) is 0 Å². The fourth-order valence-electron chi connectivity index (χ4n) is 10.8. The minimum absolute atomic E-state index is 0.0431. The molecule has 0 saturated heterocycles. The smallest absolute Gasteiger partial charge is 0.0541 e. The maximum atomic E-state index is 2.46. The van der Waals surface area contributed by atoms with Crippen molar-refractivity contribution in [1.82, 2.24) is 9.13 Å². The van der Waals surface area contributed by atoms with Crippen LogP contribution in [0.1, 0.15) is 105 Å². The van der Waals surface area contributed by atoms with Gasteiger partial charge in [0.1, 0.15) is 0 Å². The van der Waals surface area contributed by atoms with E-state index < -0.39 is 0 Å². The fraction of sp³-hybridized carbons (Fsp3) is 0.229. The molecule has 0 aliphatic heterocycles. The standard InChI is InChI=1S/C70H68N2/c1-67(2,3)49-27-35-63-59(39-49)60-40-50(68(4,5)6)28-36-64(60)71(63)53-31-23-47(24-32-53)57-43-56(46-21-17-14-18-22-46)58(44-55(57)45-19-15-13-16-20-45)48-25-33-54(34-26-48)72-65-37-29-51(69(7,8)9)41-61(65)62-42-52(70(10,11)12)30-38-66(62)72/h13-44H,1-12H3. The van der Waals surface area contributed by atoms with Crippen LogP contribution in [0.25, 0.3) is 99.5 Å². The van der Waals surface area contributed by atoms with Crippen LogP contribution in [-0.2, 0) is 21.7 Å². The summed E-state index contributed by atoms with van der Waals surface area (Å²) < 4.78 is 4.92. The second kappa shape index (κ2) is 17.1. The first kappa shape index (κ1) is 46.9. The lowest BCUT2D eigenvalue weighted by Crippen LogP contribution is -2.10. The summed E-state index contributed by atoms with van der Waals surface area (Å²) in [7, 11) is 0. The van der Waals surface area contributed by atoms with Crippen LogP contribution in [-0.4, -0.2) is 9.13 Å². The van der Waals surface area contributed by atoms with Gasteiger partial charge < -0.3 is 9.13 Å². The molecule has 11 rings (SSSR count). The highest BCUT2D eigenvalue weighted by Gasteiger charge is 2.24. The lowest BCUT2D eigenvalue weighted by atomic mass is 9.85. The number of hydrogen-bond acceptors (Lipinski definition) is 0. The largest absolute Gasteiger partial charge is 0.309 e. The third-order valence-corrected chi connectivity index (χ3v) is 15.2. The van der Waals surface area contributed by atoms with E-state index in [1.54, 1.807) is 0 Å². The molecule has 0 saturated carbocycles. The third-order valence-electron chi connectivity index (χ3n) is 15.2. The molecule has 0 bridgehead atoms. The van der Waals surface area contributed by atoms with Crippen LogP contribution in [0.4, 0.5) is 0 Å². The number of benzene rings is 9. The van der Waals surface area contributed by atoms with Gasteiger partial charge in [0, 0.05) is 32.9 Å². The number of rotatable bonds is 6. The zero-order valence-electron chi connectivity index (χ0n) is 44.4. The molecule has 2 aromatic heterocycles. The van der Waals surface area contributed by atoms with Crippen LogP contribution in [0.5, 0.6) is 0 Å². The zero-order chi connectivity index (χ0) is 50.5. The molecule has 0 fully saturated rings. The van der Waals surface area contributed by atoms with Crippen molar-refractivity contribution in [2.24, 2.45) is 0 Å². The van der Waals surface area contributed by atoms with Crippen LogP contribution < -0.4 is 0 Å². The van der Waals surface area contributed by atoms with Crippen LogP contribution in [0.3, 0.4) is 0 Å². The van der Waals surface area contributed by atoms with E-state index in [0.29, 0.717) is 0 Å². The van der Waals surface area contributed by atoms with Crippen molar-refractivity contribution in [3.05, 3.63) is 216 Å². The van der Waals surface area contributed by atoms with E-state index in [0.717, 1.165) is 11.4 Å². The zero-order valence-corrected chi connectivity index (χ0v) is 44.4. The van der Waals surface area contributed by atoms with E-state index in [4.69, 9.17) is 0 Å². The van der Waals surface area contributed by atoms with E-state index in [1.807, 2.05) is 0 Å². The molecule has 72 heavy (non-hydrogen) atoms. The monoisotopic (exact) mass is 937 g/mol. The van der Waals surface area contributed by atoms with Gasteiger partial charge in [-0.3, -0.25) is 0 Å². The second-order valence-corrected chi connectivity index (χ2v) is 24.4. The van der Waals surface area contributed by atoms with Gasteiger partial charge in [0.15, 0.2) is 0 Å². The topological polar surface area (TPSA) is 9.86 Å². The number of hydrogen-bond donors (Lipinski definition) is 0. The highest BCUT2D eigenvalue weighted by Crippen LogP contribution is 2.45. The average Bonchev–Trinajstić information content (AvgIpc) is 3.87. The molecule has 0 N–H and O–H groups in total. The SMILES string of the molecule is CC(C)(C)c1ccc2c(c1)c1cc(C(C)(C)C)ccc1n2-c1ccc(-c2cc(-c3ccccc3)c(-c3ccc(-n4c5ccc(C(C)(C)C)cc5c5cc(C(C)(C)C)ccc54)cc3)cc2-c2ccccc2)cc1. The fourth-order valence-corrected chi connectivity index (χ4v) is 10.8. The van der Waals surface area contributed by atoms with Gasteiger partial charge in [-0.05, 0) is 173 Å². The van der Waals surface area contributed by atoms with Gasteiger partial charge in [0.05, 0.1) is 22.1 Å². The average molecular weight is 937 g/mol. The van der Waals surface area contributed by atoms with Gasteiger partial charge in [-0.25, -0.2) is 0 Å². The van der Waals surface area contributed by atoms with Crippen LogP contribution in [0.2, 0.25) is 0 Å². The van der Waals surface area contributed by atoms with Crippen molar-refractivity contribution in [2.45, 2.75) is 105 Å². The number of nitrogens with zero attached hydrogens (tertiary/aromatic N) is 2. The predicted octanol–water partition coefficient (Wildman–Crippen LogP) is 19.7. The summed E-state index contributed by atoms with van der Waals surface area (Å²) in [4.78, 5) is 0. The minimum Gasteiger partial charge on any atom is -0.309 e. The Bertz CT molecular complexity index is 3430. The molecule has 2 heterocycles. The second-order valence-electron chi connectivity index (χ2n) is 24.4. The first-order valence-electron chi connectivity index (χ1n) is 25.9. The Morgan fingerprint density at radius 1 is 0.236 bits per heavy atom. The van der Waals surface area contributed by atoms with Gasteiger partial charge in [-0.1, -0.05) is 192 Å². The summed E-state index contributed by atoms with van der Waals surface area (Å²) in [6.07, 6.45) is 0. The molecule has 0 aliphatic rings. The van der Waals surface area contributed by atoms with Crippen LogP contribution in [0, 0.1) is 0 Å². The third kappa shape index (κ3) is 8.35. The van der Waals surface area contributed by atoms with Crippen molar-refractivity contribution in [3.63, 3.8) is 0 Å². The molecular formula is C70H68N2. The predicted molar refractivity (Wildman–Crippen MR) is 312 cm³/mol. The van der Waals surface area contributed by atoms with Crippen molar-refractivity contribution < 1.29 is 0 Å². The molecule has 0 amide bonds. The summed E-state index contributed by atoms with van der Waals surface area (Å²) in [5.74, 6) is 0. The van der Waals surface area contributed by atoms with Gasteiger partial charge >= 0.3 is 0 Å². The molecule has 358 valence electrons. The Balaban J connectivity index is 1.06. The number of fused-ring (bicyclic) bond motifs is 6. The highest BCUT2D eigenvalue weighted by atomic mass is 15.0. The van der Waals surface area contributed by atoms with Crippen LogP contribution in [0.15, 0.2) is 194 Å². The quantitative estimate of drug-likeness (QED) is 0.157. The molecule has 2 heteroatoms. The summed E-state index contributed by atoms with van der Waals surface area (Å²) in [6, 6.07) is 73.6. The number of aromatic nitrogens is 2.